The summed E-state index contributed by atoms with van der Waals surface area (Å²) in [6.45, 7) is 2.86. The number of amides is 1. The number of benzene rings is 2. The Morgan fingerprint density at radius 3 is 2.83 bits per heavy atom. The molecule has 0 unspecified atom stereocenters. The highest BCUT2D eigenvalue weighted by molar-refractivity contribution is 6.31. The summed E-state index contributed by atoms with van der Waals surface area (Å²) in [5.74, 6) is 0.484. The van der Waals surface area contributed by atoms with Gasteiger partial charge in [0.15, 0.2) is 0 Å². The molecule has 0 radical (unpaired) electrons. The Morgan fingerprint density at radius 2 is 2.00 bits per heavy atom. The van der Waals surface area contributed by atoms with Crippen LogP contribution in [0.1, 0.15) is 18.7 Å². The zero-order valence-corrected chi connectivity index (χ0v) is 17.2. The van der Waals surface area contributed by atoms with Crippen LogP contribution >= 0.6 is 11.6 Å². The summed E-state index contributed by atoms with van der Waals surface area (Å²) in [7, 11) is 0. The predicted molar refractivity (Wildman–Crippen MR) is 118 cm³/mol. The van der Waals surface area contributed by atoms with Gasteiger partial charge in [0.2, 0.25) is 5.91 Å². The van der Waals surface area contributed by atoms with E-state index in [4.69, 9.17) is 16.3 Å². The maximum Gasteiger partial charge on any atom is 0.258 e. The number of halogens is 1. The van der Waals surface area contributed by atoms with Gasteiger partial charge in [0.1, 0.15) is 5.82 Å². The molecule has 0 aliphatic carbocycles. The number of nitrogens with one attached hydrogen (secondary N) is 2. The minimum Gasteiger partial charge on any atom is -0.378 e. The third-order valence-corrected chi connectivity index (χ3v) is 5.30. The third-order valence-electron chi connectivity index (χ3n) is 5.06. The number of hydrogen-bond acceptors (Lipinski definition) is 5. The van der Waals surface area contributed by atoms with Gasteiger partial charge in [-0.15, -0.1) is 0 Å². The first-order valence-electron chi connectivity index (χ1n) is 10.0. The average Bonchev–Trinajstić information content (AvgIpc) is 2.74. The summed E-state index contributed by atoms with van der Waals surface area (Å²) >= 11 is 6.15. The largest absolute Gasteiger partial charge is 0.378 e. The lowest BCUT2D eigenvalue weighted by Crippen LogP contribution is -2.36. The fraction of sp³-hybridized carbons (Fsp3) is 0.318. The molecule has 0 spiro atoms. The number of aromatic amines is 1. The van der Waals surface area contributed by atoms with Crippen molar-refractivity contribution in [2.75, 3.05) is 36.5 Å². The highest BCUT2D eigenvalue weighted by Crippen LogP contribution is 2.30. The van der Waals surface area contributed by atoms with Gasteiger partial charge in [-0.1, -0.05) is 23.7 Å². The lowest BCUT2D eigenvalue weighted by Gasteiger charge is -2.30. The molecule has 156 valence electrons. The fourth-order valence-electron chi connectivity index (χ4n) is 3.57. The smallest absolute Gasteiger partial charge is 0.258 e. The predicted octanol–water partition coefficient (Wildman–Crippen LogP) is 3.37. The first-order chi connectivity index (χ1) is 14.6. The van der Waals surface area contributed by atoms with Crippen LogP contribution in [-0.4, -0.2) is 42.2 Å². The first kappa shape index (κ1) is 20.4. The number of hydrogen-bond donors (Lipinski definition) is 2. The van der Waals surface area contributed by atoms with Crippen LogP contribution in [0, 0.1) is 0 Å². The molecule has 0 bridgehead atoms. The summed E-state index contributed by atoms with van der Waals surface area (Å²) in [6, 6.07) is 12.7. The van der Waals surface area contributed by atoms with E-state index in [2.05, 4.69) is 20.2 Å². The summed E-state index contributed by atoms with van der Waals surface area (Å²) in [5, 5.41) is 4.11. The summed E-state index contributed by atoms with van der Waals surface area (Å²) in [5.41, 5.74) is 2.15. The maximum absolute atomic E-state index is 12.5. The van der Waals surface area contributed by atoms with E-state index in [1.807, 2.05) is 30.3 Å². The number of fused-ring (bicyclic) bond motifs is 1. The lowest BCUT2D eigenvalue weighted by molar-refractivity contribution is -0.116. The van der Waals surface area contributed by atoms with Gasteiger partial charge in [0, 0.05) is 31.0 Å². The zero-order chi connectivity index (χ0) is 20.9. The minimum absolute atomic E-state index is 0.102. The normalized spacial score (nSPS) is 14.1. The van der Waals surface area contributed by atoms with Gasteiger partial charge in [0.25, 0.3) is 5.56 Å². The highest BCUT2D eigenvalue weighted by Gasteiger charge is 2.16. The molecule has 0 atom stereocenters. The van der Waals surface area contributed by atoms with Gasteiger partial charge >= 0.3 is 0 Å². The quantitative estimate of drug-likeness (QED) is 0.631. The van der Waals surface area contributed by atoms with E-state index in [9.17, 15) is 9.59 Å². The number of carbonyl (C=O) groups excluding carboxylic acids is 1. The molecule has 2 aromatic carbocycles. The molecule has 1 saturated heterocycles. The van der Waals surface area contributed by atoms with E-state index >= 15 is 0 Å². The summed E-state index contributed by atoms with van der Waals surface area (Å²) < 4.78 is 5.41. The molecule has 1 amide bonds. The van der Waals surface area contributed by atoms with Crippen molar-refractivity contribution in [1.29, 1.82) is 0 Å². The van der Waals surface area contributed by atoms with Crippen molar-refractivity contribution in [3.63, 3.8) is 0 Å². The van der Waals surface area contributed by atoms with E-state index in [1.54, 1.807) is 12.1 Å². The van der Waals surface area contributed by atoms with Crippen LogP contribution in [-0.2, 0) is 16.0 Å². The molecule has 1 aliphatic heterocycles. The Morgan fingerprint density at radius 1 is 1.20 bits per heavy atom. The Kier molecular flexibility index (Phi) is 6.30. The Bertz CT molecular complexity index is 1110. The van der Waals surface area contributed by atoms with Crippen LogP contribution in [0.15, 0.2) is 47.3 Å². The molecule has 2 heterocycles. The third kappa shape index (κ3) is 4.80. The first-order valence-corrected chi connectivity index (χ1v) is 10.4. The SMILES string of the molecule is O=C(CCCc1nc2ccccc2c(=O)[nH]1)Nc1cc(Cl)ccc1N1CCOCC1. The standard InChI is InChI=1S/C22H23ClN4O3/c23-15-8-9-19(27-10-12-30-13-11-27)18(14-15)25-21(28)7-3-6-20-24-17-5-2-1-4-16(17)22(29)26-20/h1-2,4-5,8-9,14H,3,6-7,10-13H2,(H,25,28)(H,24,26,29). The maximum atomic E-state index is 12.5. The molecule has 8 heteroatoms. The Hall–Kier alpha value is -2.90. The molecule has 0 saturated carbocycles. The molecule has 30 heavy (non-hydrogen) atoms. The molecule has 1 fully saturated rings. The summed E-state index contributed by atoms with van der Waals surface area (Å²) in [4.78, 5) is 34.2. The topological polar surface area (TPSA) is 87.3 Å². The van der Waals surface area contributed by atoms with E-state index in [1.165, 1.54) is 0 Å². The molecule has 2 N–H and O–H groups in total. The van der Waals surface area contributed by atoms with Gasteiger partial charge in [-0.05, 0) is 36.8 Å². The molecule has 7 nitrogen and oxygen atoms in total. The lowest BCUT2D eigenvalue weighted by atomic mass is 10.2. The number of aryl methyl sites for hydroxylation is 1. The van der Waals surface area contributed by atoms with Crippen LogP contribution < -0.4 is 15.8 Å². The van der Waals surface area contributed by atoms with Gasteiger partial charge in [-0.2, -0.15) is 0 Å². The molecular weight excluding hydrogens is 404 g/mol. The van der Waals surface area contributed by atoms with Crippen molar-refractivity contribution in [2.24, 2.45) is 0 Å². The number of aromatic nitrogens is 2. The number of carbonyl (C=O) groups is 1. The number of para-hydroxylation sites is 1. The van der Waals surface area contributed by atoms with Gasteiger partial charge in [-0.3, -0.25) is 9.59 Å². The van der Waals surface area contributed by atoms with E-state index < -0.39 is 0 Å². The molecule has 1 aliphatic rings. The van der Waals surface area contributed by atoms with Crippen LogP contribution in [0.3, 0.4) is 0 Å². The van der Waals surface area contributed by atoms with Crippen molar-refractivity contribution in [1.82, 2.24) is 9.97 Å². The fourth-order valence-corrected chi connectivity index (χ4v) is 3.74. The number of ether oxygens (including phenoxy) is 1. The second-order valence-corrected chi connectivity index (χ2v) is 7.63. The van der Waals surface area contributed by atoms with E-state index in [0.29, 0.717) is 59.9 Å². The average molecular weight is 427 g/mol. The van der Waals surface area contributed by atoms with E-state index in [-0.39, 0.29) is 11.5 Å². The van der Waals surface area contributed by atoms with Crippen molar-refractivity contribution in [2.45, 2.75) is 19.3 Å². The van der Waals surface area contributed by atoms with Crippen molar-refractivity contribution in [3.05, 3.63) is 63.7 Å². The number of H-pyrrole nitrogens is 1. The van der Waals surface area contributed by atoms with Crippen molar-refractivity contribution in [3.8, 4) is 0 Å². The van der Waals surface area contributed by atoms with Crippen LogP contribution in [0.25, 0.3) is 10.9 Å². The van der Waals surface area contributed by atoms with E-state index in [0.717, 1.165) is 18.8 Å². The molecule has 4 rings (SSSR count). The molecular formula is C22H23ClN4O3. The van der Waals surface area contributed by atoms with Crippen molar-refractivity contribution >= 4 is 39.8 Å². The Labute approximate surface area is 179 Å². The zero-order valence-electron chi connectivity index (χ0n) is 16.5. The Balaban J connectivity index is 1.38. The second kappa shape index (κ2) is 9.28. The van der Waals surface area contributed by atoms with Crippen molar-refractivity contribution < 1.29 is 9.53 Å². The van der Waals surface area contributed by atoms with Crippen LogP contribution in [0.5, 0.6) is 0 Å². The minimum atomic E-state index is -0.158. The van der Waals surface area contributed by atoms with Crippen LogP contribution in [0.2, 0.25) is 5.02 Å². The number of rotatable bonds is 6. The molecule has 1 aromatic heterocycles. The van der Waals surface area contributed by atoms with Gasteiger partial charge in [0.05, 0.1) is 35.5 Å². The van der Waals surface area contributed by atoms with Gasteiger partial charge < -0.3 is 19.9 Å². The van der Waals surface area contributed by atoms with Crippen LogP contribution in [0.4, 0.5) is 11.4 Å². The van der Waals surface area contributed by atoms with Gasteiger partial charge in [-0.25, -0.2) is 4.98 Å². The molecule has 3 aromatic rings. The number of morpholine rings is 1. The second-order valence-electron chi connectivity index (χ2n) is 7.19. The summed E-state index contributed by atoms with van der Waals surface area (Å²) in [6.07, 6.45) is 1.39. The monoisotopic (exact) mass is 426 g/mol. The highest BCUT2D eigenvalue weighted by atomic mass is 35.5. The number of nitrogens with zero attached hydrogens (tertiary/aromatic N) is 2. The number of anilines is 2.